The van der Waals surface area contributed by atoms with Gasteiger partial charge in [-0.25, -0.2) is 9.13 Å². The van der Waals surface area contributed by atoms with Crippen molar-refractivity contribution >= 4 is 39.5 Å². The summed E-state index contributed by atoms with van der Waals surface area (Å²) in [6.45, 7) is 4.44. The molecular weight excluding hydrogens is 1450 g/mol. The second kappa shape index (κ2) is 82.9. The van der Waals surface area contributed by atoms with Crippen molar-refractivity contribution in [3.8, 4) is 0 Å². The molecule has 0 saturated carbocycles. The zero-order valence-corrected chi connectivity index (χ0v) is 71.3. The van der Waals surface area contributed by atoms with Crippen LogP contribution in [0.25, 0.3) is 0 Å². The van der Waals surface area contributed by atoms with Crippen LogP contribution >= 0.6 is 15.6 Å². The van der Waals surface area contributed by atoms with Gasteiger partial charge < -0.3 is 33.8 Å². The fraction of sp³-hybridized carbons (Fsp3) is 0.613. The minimum absolute atomic E-state index is 0.0219. The minimum Gasteiger partial charge on any atom is -0.462 e. The van der Waals surface area contributed by atoms with E-state index in [1.54, 1.807) is 0 Å². The zero-order chi connectivity index (χ0) is 81.7. The molecule has 0 saturated heterocycles. The molecular formula is C93H150O17P2. The maximum atomic E-state index is 13.1. The first-order valence-corrected chi connectivity index (χ1v) is 45.7. The van der Waals surface area contributed by atoms with E-state index in [0.717, 1.165) is 167 Å². The summed E-state index contributed by atoms with van der Waals surface area (Å²) >= 11 is 0. The third kappa shape index (κ3) is 81.9. The highest BCUT2D eigenvalue weighted by molar-refractivity contribution is 7.47. The Morgan fingerprint density at radius 2 is 0.482 bits per heavy atom. The molecule has 0 aromatic heterocycles. The van der Waals surface area contributed by atoms with Gasteiger partial charge in [0.1, 0.15) is 19.3 Å². The summed E-state index contributed by atoms with van der Waals surface area (Å²) in [7, 11) is -10.0. The zero-order valence-electron chi connectivity index (χ0n) is 69.5. The van der Waals surface area contributed by atoms with Crippen LogP contribution in [0.4, 0.5) is 0 Å². The molecule has 0 aliphatic heterocycles. The van der Waals surface area contributed by atoms with Gasteiger partial charge in [0.15, 0.2) is 12.2 Å². The molecule has 0 aliphatic rings. The minimum atomic E-state index is -5.02. The lowest BCUT2D eigenvalue weighted by molar-refractivity contribution is -0.161. The van der Waals surface area contributed by atoms with Gasteiger partial charge in [-0.3, -0.25) is 37.3 Å². The number of hydrogen-bond donors (Lipinski definition) is 3. The Bertz CT molecular complexity index is 2890. The molecule has 0 fully saturated rings. The van der Waals surface area contributed by atoms with Gasteiger partial charge in [-0.1, -0.05) is 299 Å². The molecule has 3 N–H and O–H groups in total. The number of allylic oxidation sites excluding steroid dienone is 32. The second-order valence-electron chi connectivity index (χ2n) is 27.6. The molecule has 17 nitrogen and oxygen atoms in total. The SMILES string of the molecule is CC/C=C\C/C=C\C/C=C\C/C=C\C/C=C\CCCCCC(=O)O[C@H](COC(=O)CC/C=C\C/C=C\C/C=C\C/C=C\C/C=C\CCCCC)COP(=O)(O)OC[C@@H](O)COP(=O)(O)OC[C@@H](COC(=O)CCCCCCC/C=C\CCCCCCCC)OC(=O)CCCCC/C=C\C/C=C\C/C=C\C/C=C\C/C=C\CC. The van der Waals surface area contributed by atoms with Gasteiger partial charge in [0, 0.05) is 25.7 Å². The summed E-state index contributed by atoms with van der Waals surface area (Å²) in [5.74, 6) is -2.37. The van der Waals surface area contributed by atoms with Gasteiger partial charge in [0.05, 0.1) is 26.4 Å². The average molecular weight is 1600 g/mol. The monoisotopic (exact) mass is 1600 g/mol. The number of carbonyl (C=O) groups excluding carboxylic acids is 4. The molecule has 112 heavy (non-hydrogen) atoms. The van der Waals surface area contributed by atoms with Gasteiger partial charge in [-0.15, -0.1) is 0 Å². The Kier molecular flexibility index (Phi) is 78.4. The lowest BCUT2D eigenvalue weighted by Crippen LogP contribution is -2.30. The fourth-order valence-electron chi connectivity index (χ4n) is 10.6. The molecule has 0 heterocycles. The average Bonchev–Trinajstić information content (AvgIpc) is 0.907. The van der Waals surface area contributed by atoms with Gasteiger partial charge in [-0.2, -0.15) is 0 Å². The summed E-state index contributed by atoms with van der Waals surface area (Å²) in [6, 6.07) is 0. The van der Waals surface area contributed by atoms with Crippen molar-refractivity contribution in [2.45, 2.75) is 329 Å². The first kappa shape index (κ1) is 106. The Labute approximate surface area is 678 Å². The highest BCUT2D eigenvalue weighted by Crippen LogP contribution is 2.45. The van der Waals surface area contributed by atoms with E-state index in [1.807, 2.05) is 18.2 Å². The van der Waals surface area contributed by atoms with Gasteiger partial charge in [-0.05, 0) is 180 Å². The largest absolute Gasteiger partial charge is 0.472 e. The molecule has 0 amide bonds. The maximum Gasteiger partial charge on any atom is 0.472 e. The predicted molar refractivity (Wildman–Crippen MR) is 463 cm³/mol. The second-order valence-corrected chi connectivity index (χ2v) is 30.6. The summed E-state index contributed by atoms with van der Waals surface area (Å²) in [5, 5.41) is 10.7. The molecule has 0 rings (SSSR count). The lowest BCUT2D eigenvalue weighted by atomic mass is 10.1. The fourth-order valence-corrected chi connectivity index (χ4v) is 12.2. The number of hydrogen-bond acceptors (Lipinski definition) is 15. The van der Waals surface area contributed by atoms with Crippen molar-refractivity contribution in [1.29, 1.82) is 0 Å². The molecule has 19 heteroatoms. The molecule has 634 valence electrons. The third-order valence-corrected chi connectivity index (χ3v) is 18.9. The first-order valence-electron chi connectivity index (χ1n) is 42.7. The van der Waals surface area contributed by atoms with Crippen LogP contribution < -0.4 is 0 Å². The number of esters is 4. The van der Waals surface area contributed by atoms with E-state index in [9.17, 15) is 43.2 Å². The van der Waals surface area contributed by atoms with E-state index in [0.29, 0.717) is 32.1 Å². The van der Waals surface area contributed by atoms with Gasteiger partial charge >= 0.3 is 39.5 Å². The normalized spacial score (nSPS) is 14.7. The molecule has 5 atom stereocenters. The van der Waals surface area contributed by atoms with Crippen molar-refractivity contribution < 1.29 is 80.2 Å². The molecule has 0 aromatic rings. The topological polar surface area (TPSA) is 237 Å². The quantitative estimate of drug-likeness (QED) is 0.0169. The molecule has 0 bridgehead atoms. The number of phosphoric ester groups is 2. The Balaban J connectivity index is 5.55. The summed E-state index contributed by atoms with van der Waals surface area (Å²) in [4.78, 5) is 73.2. The van der Waals surface area contributed by atoms with Crippen LogP contribution in [0.2, 0.25) is 0 Å². The van der Waals surface area contributed by atoms with E-state index in [4.69, 9.17) is 37.0 Å². The van der Waals surface area contributed by atoms with Crippen LogP contribution in [-0.2, 0) is 65.4 Å². The standard InChI is InChI=1S/C93H150O17P2/c1-5-9-13-17-21-25-29-33-37-40-43-46-50-54-58-62-66-70-74-78-91(96)104-84-89(110-93(98)80-76-72-68-64-60-56-52-48-45-42-39-35-31-27-23-19-15-11-7-3)86-108-112(101,102)106-82-87(94)81-105-111(99,100)107-85-88(83-103-90(95)77-73-69-65-61-57-53-49-36-32-28-24-20-16-12-8-4)109-92(97)79-75-71-67-63-59-55-51-47-44-41-38-34-30-26-22-18-14-10-6-2/h10-11,14-15,21-23,25-27,33-39,43-49,54-56,58-60,66,70,87-89,94H,5-9,12-13,16-20,24,28-32,40-42,50-53,57,61-65,67-69,71-86H2,1-4H3,(H,99,100)(H,101,102)/b14-10-,15-11-,25-21-,26-22-,27-23-,37-33-,38-34-,39-35-,46-43-,47-44-,48-45-,49-36-,58-54-,59-55-,60-56-,70-66-/t87-,88+,89+/m0/s1. The van der Waals surface area contributed by atoms with Crippen LogP contribution in [0.5, 0.6) is 0 Å². The molecule has 2 unspecified atom stereocenters. The van der Waals surface area contributed by atoms with E-state index < -0.39 is 97.5 Å². The number of unbranched alkanes of at least 4 members (excludes halogenated alkanes) is 20. The summed E-state index contributed by atoms with van der Waals surface area (Å²) in [6.07, 6.45) is 103. The van der Waals surface area contributed by atoms with Crippen LogP contribution in [0, 0.1) is 0 Å². The van der Waals surface area contributed by atoms with Crippen molar-refractivity contribution in [3.05, 3.63) is 194 Å². The maximum absolute atomic E-state index is 13.1. The van der Waals surface area contributed by atoms with E-state index in [2.05, 4.69) is 204 Å². The Morgan fingerprint density at radius 1 is 0.259 bits per heavy atom. The van der Waals surface area contributed by atoms with Gasteiger partial charge in [0.25, 0.3) is 0 Å². The predicted octanol–water partition coefficient (Wildman–Crippen LogP) is 25.7. The first-order chi connectivity index (χ1) is 54.7. The van der Waals surface area contributed by atoms with E-state index >= 15 is 0 Å². The van der Waals surface area contributed by atoms with Crippen molar-refractivity contribution in [2.24, 2.45) is 0 Å². The number of rotatable bonds is 78. The van der Waals surface area contributed by atoms with E-state index in [1.165, 1.54) is 57.8 Å². The van der Waals surface area contributed by atoms with Crippen molar-refractivity contribution in [1.82, 2.24) is 0 Å². The molecule has 0 aromatic carbocycles. The number of aliphatic hydroxyl groups excluding tert-OH is 1. The third-order valence-electron chi connectivity index (χ3n) is 17.0. The van der Waals surface area contributed by atoms with Crippen LogP contribution in [0.1, 0.15) is 310 Å². The highest BCUT2D eigenvalue weighted by atomic mass is 31.2. The number of carbonyl (C=O) groups is 4. The van der Waals surface area contributed by atoms with Gasteiger partial charge in [0.2, 0.25) is 0 Å². The smallest absolute Gasteiger partial charge is 0.462 e. The van der Waals surface area contributed by atoms with Crippen LogP contribution in [-0.4, -0.2) is 96.7 Å². The molecule has 0 spiro atoms. The van der Waals surface area contributed by atoms with Crippen molar-refractivity contribution in [2.75, 3.05) is 39.6 Å². The Morgan fingerprint density at radius 3 is 0.804 bits per heavy atom. The summed E-state index contributed by atoms with van der Waals surface area (Å²) in [5.41, 5.74) is 0. The van der Waals surface area contributed by atoms with Crippen molar-refractivity contribution in [3.63, 3.8) is 0 Å². The molecule has 0 radical (unpaired) electrons. The number of phosphoric acid groups is 2. The number of aliphatic hydroxyl groups is 1. The Hall–Kier alpha value is -6.10. The summed E-state index contributed by atoms with van der Waals surface area (Å²) < 4.78 is 68.7. The highest BCUT2D eigenvalue weighted by Gasteiger charge is 2.30. The van der Waals surface area contributed by atoms with Crippen LogP contribution in [0.15, 0.2) is 194 Å². The van der Waals surface area contributed by atoms with Crippen LogP contribution in [0.3, 0.4) is 0 Å². The number of ether oxygens (including phenoxy) is 4. The molecule has 0 aliphatic carbocycles. The lowest BCUT2D eigenvalue weighted by Gasteiger charge is -2.21. The van der Waals surface area contributed by atoms with E-state index in [-0.39, 0.29) is 25.7 Å².